The van der Waals surface area contributed by atoms with Crippen LogP contribution in [0.25, 0.3) is 0 Å². The molecule has 1 unspecified atom stereocenters. The fourth-order valence-corrected chi connectivity index (χ4v) is 1.51. The number of Topliss-reactive ketones (excluding diaryl/α,β-unsaturated/α-hetero) is 1. The first-order valence-electron chi connectivity index (χ1n) is 6.05. The van der Waals surface area contributed by atoms with Crippen LogP contribution in [0, 0.1) is 11.4 Å². The van der Waals surface area contributed by atoms with Gasteiger partial charge in [0.2, 0.25) is 17.6 Å². The molecule has 2 aromatic rings. The van der Waals surface area contributed by atoms with Crippen molar-refractivity contribution in [2.45, 2.75) is 27.0 Å². The largest absolute Gasteiger partial charge is 0.444 e. The fraction of sp³-hybridized carbons (Fsp3) is 0.385. The summed E-state index contributed by atoms with van der Waals surface area (Å²) in [6.07, 6.45) is 1.63. The quantitative estimate of drug-likeness (QED) is 0.800. The Morgan fingerprint density at radius 1 is 1.40 bits per heavy atom. The zero-order valence-electron chi connectivity index (χ0n) is 11.4. The van der Waals surface area contributed by atoms with E-state index in [0.29, 0.717) is 0 Å². The summed E-state index contributed by atoms with van der Waals surface area (Å²) in [5.41, 5.74) is -0.649. The van der Waals surface area contributed by atoms with Crippen molar-refractivity contribution in [1.29, 1.82) is 0 Å². The van der Waals surface area contributed by atoms with Crippen LogP contribution in [-0.2, 0) is 4.79 Å². The molecule has 0 bridgehead atoms. The van der Waals surface area contributed by atoms with Gasteiger partial charge in [-0.3, -0.25) is 4.79 Å². The lowest BCUT2D eigenvalue weighted by Gasteiger charge is -2.24. The molecule has 2 heterocycles. The third-order valence-corrected chi connectivity index (χ3v) is 2.56. The molecule has 106 valence electrons. The molecule has 20 heavy (non-hydrogen) atoms. The molecular weight excluding hydrogens is 263 g/mol. The zero-order valence-corrected chi connectivity index (χ0v) is 11.4. The maximum Gasteiger partial charge on any atom is 0.253 e. The predicted molar refractivity (Wildman–Crippen MR) is 68.3 cm³/mol. The second-order valence-corrected chi connectivity index (χ2v) is 5.26. The highest BCUT2D eigenvalue weighted by Gasteiger charge is 2.33. The van der Waals surface area contributed by atoms with E-state index in [2.05, 4.69) is 15.1 Å². The topological polar surface area (TPSA) is 69.9 Å². The summed E-state index contributed by atoms with van der Waals surface area (Å²) < 4.78 is 19.9. The molecule has 0 aromatic carbocycles. The van der Waals surface area contributed by atoms with Gasteiger partial charge < -0.3 is 4.74 Å². The molecule has 0 amide bonds. The van der Waals surface area contributed by atoms with Gasteiger partial charge >= 0.3 is 0 Å². The fourth-order valence-electron chi connectivity index (χ4n) is 1.51. The summed E-state index contributed by atoms with van der Waals surface area (Å²) in [4.78, 5) is 19.8. The maximum absolute atomic E-state index is 13.1. The highest BCUT2D eigenvalue weighted by atomic mass is 19.1. The Kier molecular flexibility index (Phi) is 3.78. The second-order valence-electron chi connectivity index (χ2n) is 5.26. The summed E-state index contributed by atoms with van der Waals surface area (Å²) in [5.74, 6) is -0.875. The summed E-state index contributed by atoms with van der Waals surface area (Å²) >= 11 is 0. The van der Waals surface area contributed by atoms with Gasteiger partial charge in [-0.15, -0.1) is 0 Å². The molecule has 2 aromatic heterocycles. The number of nitrogens with zero attached hydrogens (tertiary/aromatic N) is 4. The zero-order chi connectivity index (χ0) is 14.8. The smallest absolute Gasteiger partial charge is 0.253 e. The van der Waals surface area contributed by atoms with Crippen LogP contribution in [0.1, 0.15) is 27.0 Å². The number of carbonyl (C=O) groups is 1. The first-order chi connectivity index (χ1) is 9.38. The molecule has 0 saturated heterocycles. The Bertz CT molecular complexity index is 593. The molecule has 0 aliphatic carbocycles. The van der Waals surface area contributed by atoms with Crippen molar-refractivity contribution < 1.29 is 13.9 Å². The highest BCUT2D eigenvalue weighted by molar-refractivity contribution is 5.86. The van der Waals surface area contributed by atoms with Crippen LogP contribution in [0.5, 0.6) is 5.88 Å². The third-order valence-electron chi connectivity index (χ3n) is 2.56. The summed E-state index contributed by atoms with van der Waals surface area (Å²) in [6.45, 7) is 5.30. The van der Waals surface area contributed by atoms with Crippen molar-refractivity contribution >= 4 is 5.78 Å². The van der Waals surface area contributed by atoms with Crippen LogP contribution in [0.2, 0.25) is 0 Å². The standard InChI is InChI=1S/C13H15FN4O2/c1-13(2,3)11(19)12(18-8-15-7-16-18)20-10-6-4-5-9(14)17-10/h4-8,12H,1-3H3. The molecule has 0 fully saturated rings. The first-order valence-corrected chi connectivity index (χ1v) is 6.05. The van der Waals surface area contributed by atoms with Crippen molar-refractivity contribution in [3.63, 3.8) is 0 Å². The van der Waals surface area contributed by atoms with E-state index in [4.69, 9.17) is 4.74 Å². The third kappa shape index (κ3) is 3.17. The molecule has 0 aliphatic rings. The van der Waals surface area contributed by atoms with Gasteiger partial charge in [-0.25, -0.2) is 9.67 Å². The Morgan fingerprint density at radius 3 is 2.70 bits per heavy atom. The summed E-state index contributed by atoms with van der Waals surface area (Å²) in [5, 5.41) is 3.91. The van der Waals surface area contributed by atoms with Crippen LogP contribution in [0.3, 0.4) is 0 Å². The lowest BCUT2D eigenvalue weighted by Crippen LogP contribution is -2.34. The van der Waals surface area contributed by atoms with E-state index in [-0.39, 0.29) is 11.7 Å². The van der Waals surface area contributed by atoms with Crippen molar-refractivity contribution in [3.05, 3.63) is 36.8 Å². The Balaban J connectivity index is 2.31. The minimum absolute atomic E-state index is 0.0168. The Labute approximate surface area is 115 Å². The summed E-state index contributed by atoms with van der Waals surface area (Å²) in [7, 11) is 0. The number of ether oxygens (including phenoxy) is 1. The van der Waals surface area contributed by atoms with Crippen molar-refractivity contribution in [3.8, 4) is 5.88 Å². The van der Waals surface area contributed by atoms with Crippen LogP contribution in [0.15, 0.2) is 30.9 Å². The lowest BCUT2D eigenvalue weighted by molar-refractivity contribution is -0.138. The molecular formula is C13H15FN4O2. The SMILES string of the molecule is CC(C)(C)C(=O)C(Oc1cccc(F)n1)n1cncn1. The van der Waals surface area contributed by atoms with Crippen LogP contribution in [0.4, 0.5) is 4.39 Å². The van der Waals surface area contributed by atoms with Gasteiger partial charge in [0.05, 0.1) is 0 Å². The molecule has 7 heteroatoms. The highest BCUT2D eigenvalue weighted by Crippen LogP contribution is 2.25. The molecule has 1 atom stereocenters. The van der Waals surface area contributed by atoms with E-state index in [1.54, 1.807) is 20.8 Å². The van der Waals surface area contributed by atoms with Crippen molar-refractivity contribution in [2.75, 3.05) is 0 Å². The number of rotatable bonds is 4. The lowest BCUT2D eigenvalue weighted by atomic mass is 9.90. The normalized spacial score (nSPS) is 13.0. The van der Waals surface area contributed by atoms with Gasteiger partial charge in [0.15, 0.2) is 0 Å². The van der Waals surface area contributed by atoms with Crippen LogP contribution >= 0.6 is 0 Å². The van der Waals surface area contributed by atoms with Crippen LogP contribution in [-0.4, -0.2) is 25.5 Å². The van der Waals surface area contributed by atoms with Gasteiger partial charge in [-0.1, -0.05) is 26.8 Å². The van der Waals surface area contributed by atoms with Gasteiger partial charge in [0.25, 0.3) is 6.23 Å². The number of hydrogen-bond acceptors (Lipinski definition) is 5. The minimum atomic E-state index is -1.04. The van der Waals surface area contributed by atoms with E-state index in [1.165, 1.54) is 35.5 Å². The summed E-state index contributed by atoms with van der Waals surface area (Å²) in [6, 6.07) is 4.13. The van der Waals surface area contributed by atoms with E-state index in [9.17, 15) is 9.18 Å². The number of aromatic nitrogens is 4. The molecule has 2 rings (SSSR count). The minimum Gasteiger partial charge on any atom is -0.444 e. The first kappa shape index (κ1) is 14.1. The van der Waals surface area contributed by atoms with Crippen LogP contribution < -0.4 is 4.74 Å². The van der Waals surface area contributed by atoms with E-state index in [0.717, 1.165) is 0 Å². The molecule has 0 aliphatic heterocycles. The van der Waals surface area contributed by atoms with Gasteiger partial charge in [0, 0.05) is 11.5 Å². The maximum atomic E-state index is 13.1. The van der Waals surface area contributed by atoms with Gasteiger partial charge in [-0.05, 0) is 6.07 Å². The molecule has 6 nitrogen and oxygen atoms in total. The molecule has 0 radical (unpaired) electrons. The Hall–Kier alpha value is -2.31. The number of carbonyl (C=O) groups excluding carboxylic acids is 1. The molecule has 0 spiro atoms. The van der Waals surface area contributed by atoms with E-state index < -0.39 is 17.6 Å². The number of ketones is 1. The number of pyridine rings is 1. The Morgan fingerprint density at radius 2 is 2.15 bits per heavy atom. The van der Waals surface area contributed by atoms with Crippen molar-refractivity contribution in [1.82, 2.24) is 19.7 Å². The molecule has 0 N–H and O–H groups in total. The van der Waals surface area contributed by atoms with E-state index >= 15 is 0 Å². The molecule has 0 saturated carbocycles. The average molecular weight is 278 g/mol. The van der Waals surface area contributed by atoms with E-state index in [1.807, 2.05) is 0 Å². The number of halogens is 1. The predicted octanol–water partition coefficient (Wildman–Crippen LogP) is 2.00. The monoisotopic (exact) mass is 278 g/mol. The van der Waals surface area contributed by atoms with Gasteiger partial charge in [-0.2, -0.15) is 14.5 Å². The second kappa shape index (κ2) is 5.36. The van der Waals surface area contributed by atoms with Gasteiger partial charge in [0.1, 0.15) is 12.7 Å². The van der Waals surface area contributed by atoms with Crippen molar-refractivity contribution in [2.24, 2.45) is 5.41 Å². The number of hydrogen-bond donors (Lipinski definition) is 0. The average Bonchev–Trinajstić information content (AvgIpc) is 2.87.